The van der Waals surface area contributed by atoms with E-state index in [4.69, 9.17) is 0 Å². The van der Waals surface area contributed by atoms with Crippen LogP contribution in [0.1, 0.15) is 34.2 Å². The van der Waals surface area contributed by atoms with Gasteiger partial charge in [-0.3, -0.25) is 0 Å². The predicted molar refractivity (Wildman–Crippen MR) is 123 cm³/mol. The maximum absolute atomic E-state index is 13.1. The smallest absolute Gasteiger partial charge is 0.240 e. The Morgan fingerprint density at radius 2 is 1.60 bits per heavy atom. The minimum absolute atomic E-state index is 0.0728. The van der Waals surface area contributed by atoms with E-state index in [9.17, 15) is 8.42 Å². The Labute approximate surface area is 181 Å². The van der Waals surface area contributed by atoms with Crippen LogP contribution in [0.15, 0.2) is 35.2 Å². The molecule has 6 heteroatoms. The molecule has 1 N–H and O–H groups in total. The van der Waals surface area contributed by atoms with Crippen molar-refractivity contribution in [1.82, 2.24) is 9.62 Å². The Kier molecular flexibility index (Phi) is 5.93. The van der Waals surface area contributed by atoms with E-state index >= 15 is 0 Å². The summed E-state index contributed by atoms with van der Waals surface area (Å²) in [6, 6.07) is 9.90. The zero-order valence-electron chi connectivity index (χ0n) is 18.5. The van der Waals surface area contributed by atoms with Crippen LogP contribution in [0.25, 0.3) is 0 Å². The molecule has 1 fully saturated rings. The quantitative estimate of drug-likeness (QED) is 0.814. The third-order valence-corrected chi connectivity index (χ3v) is 8.01. The van der Waals surface area contributed by atoms with E-state index in [1.165, 1.54) is 22.4 Å². The molecular weight excluding hydrogens is 394 g/mol. The van der Waals surface area contributed by atoms with Crippen LogP contribution in [0, 0.1) is 20.8 Å². The summed E-state index contributed by atoms with van der Waals surface area (Å²) in [5, 5.41) is 0. The first-order chi connectivity index (χ1) is 14.2. The van der Waals surface area contributed by atoms with E-state index in [1.807, 2.05) is 19.9 Å². The minimum Gasteiger partial charge on any atom is -0.369 e. The van der Waals surface area contributed by atoms with Crippen LogP contribution >= 0.6 is 0 Å². The van der Waals surface area contributed by atoms with Crippen molar-refractivity contribution in [3.8, 4) is 0 Å². The van der Waals surface area contributed by atoms with Gasteiger partial charge in [-0.25, -0.2) is 13.1 Å². The first-order valence-corrected chi connectivity index (χ1v) is 12.4. The molecule has 2 aliphatic rings. The van der Waals surface area contributed by atoms with Gasteiger partial charge in [0.05, 0.1) is 4.90 Å². The topological polar surface area (TPSA) is 52.7 Å². The standard InChI is InChI=1S/C24H33N3O2S/c1-17-13-18(2)15-21(14-17)30(28,29)25-20-6-7-22-19(3)5-8-24(23(22)16-20)27-11-9-26(4)10-12-27/h5,8,13-15,20,25H,6-7,9-12,16H2,1-4H3/t20-/m1/s1. The van der Waals surface area contributed by atoms with E-state index in [2.05, 4.69) is 40.6 Å². The molecule has 0 saturated carbocycles. The highest BCUT2D eigenvalue weighted by Crippen LogP contribution is 2.34. The molecule has 1 heterocycles. The van der Waals surface area contributed by atoms with Crippen molar-refractivity contribution < 1.29 is 8.42 Å². The summed E-state index contributed by atoms with van der Waals surface area (Å²) in [6.45, 7) is 10.2. The summed E-state index contributed by atoms with van der Waals surface area (Å²) in [4.78, 5) is 5.20. The van der Waals surface area contributed by atoms with Gasteiger partial charge < -0.3 is 9.80 Å². The van der Waals surface area contributed by atoms with Crippen LogP contribution in [-0.2, 0) is 22.9 Å². The fraction of sp³-hybridized carbons (Fsp3) is 0.500. The van der Waals surface area contributed by atoms with E-state index < -0.39 is 10.0 Å². The fourth-order valence-corrected chi connectivity index (χ4v) is 6.32. The average molecular weight is 428 g/mol. The third kappa shape index (κ3) is 4.41. The molecule has 4 rings (SSSR count). The molecule has 0 radical (unpaired) electrons. The van der Waals surface area contributed by atoms with Crippen molar-refractivity contribution in [2.24, 2.45) is 0 Å². The van der Waals surface area contributed by atoms with Crippen molar-refractivity contribution in [2.45, 2.75) is 51.0 Å². The maximum Gasteiger partial charge on any atom is 0.240 e. The Bertz CT molecular complexity index is 1020. The molecule has 2 aromatic carbocycles. The van der Waals surface area contributed by atoms with Gasteiger partial charge in [-0.2, -0.15) is 0 Å². The van der Waals surface area contributed by atoms with Crippen LogP contribution in [0.3, 0.4) is 0 Å². The lowest BCUT2D eigenvalue weighted by Crippen LogP contribution is -2.45. The zero-order valence-corrected chi connectivity index (χ0v) is 19.3. The number of nitrogens with one attached hydrogen (secondary N) is 1. The van der Waals surface area contributed by atoms with E-state index in [0.29, 0.717) is 4.90 Å². The van der Waals surface area contributed by atoms with Gasteiger partial charge >= 0.3 is 0 Å². The molecule has 162 valence electrons. The molecule has 0 aromatic heterocycles. The summed E-state index contributed by atoms with van der Waals surface area (Å²) in [7, 11) is -1.37. The molecule has 5 nitrogen and oxygen atoms in total. The number of benzene rings is 2. The molecule has 1 aliphatic carbocycles. The number of fused-ring (bicyclic) bond motifs is 1. The highest BCUT2D eigenvalue weighted by Gasteiger charge is 2.28. The molecule has 0 unspecified atom stereocenters. The Morgan fingerprint density at radius 3 is 2.27 bits per heavy atom. The van der Waals surface area contributed by atoms with Crippen molar-refractivity contribution in [3.63, 3.8) is 0 Å². The van der Waals surface area contributed by atoms with Gasteiger partial charge in [0.2, 0.25) is 10.0 Å². The normalized spacial score (nSPS) is 20.3. The van der Waals surface area contributed by atoms with E-state index in [-0.39, 0.29) is 6.04 Å². The largest absolute Gasteiger partial charge is 0.369 e. The lowest BCUT2D eigenvalue weighted by molar-refractivity contribution is 0.312. The summed E-state index contributed by atoms with van der Waals surface area (Å²) in [5.74, 6) is 0. The monoisotopic (exact) mass is 427 g/mol. The van der Waals surface area contributed by atoms with E-state index in [0.717, 1.165) is 56.6 Å². The Hall–Kier alpha value is -1.89. The number of hydrogen-bond acceptors (Lipinski definition) is 4. The van der Waals surface area contributed by atoms with Gasteiger partial charge in [0.1, 0.15) is 0 Å². The van der Waals surface area contributed by atoms with E-state index in [1.54, 1.807) is 12.1 Å². The summed E-state index contributed by atoms with van der Waals surface area (Å²) >= 11 is 0. The molecule has 2 aromatic rings. The highest BCUT2D eigenvalue weighted by atomic mass is 32.2. The average Bonchev–Trinajstić information content (AvgIpc) is 2.68. The van der Waals surface area contributed by atoms with Gasteiger partial charge in [-0.15, -0.1) is 0 Å². The highest BCUT2D eigenvalue weighted by molar-refractivity contribution is 7.89. The van der Waals surface area contributed by atoms with Gasteiger partial charge in [0, 0.05) is 37.9 Å². The number of sulfonamides is 1. The second-order valence-corrected chi connectivity index (χ2v) is 10.7. The molecule has 1 atom stereocenters. The number of hydrogen-bond donors (Lipinski definition) is 1. The first kappa shape index (κ1) is 21.3. The van der Waals surface area contributed by atoms with Crippen LogP contribution in [0.2, 0.25) is 0 Å². The zero-order chi connectivity index (χ0) is 21.5. The lowest BCUT2D eigenvalue weighted by atomic mass is 9.84. The third-order valence-electron chi connectivity index (χ3n) is 6.51. The van der Waals surface area contributed by atoms with Gasteiger partial charge in [-0.1, -0.05) is 12.1 Å². The second kappa shape index (κ2) is 8.33. The van der Waals surface area contributed by atoms with Crippen molar-refractivity contribution in [2.75, 3.05) is 38.1 Å². The van der Waals surface area contributed by atoms with Crippen molar-refractivity contribution in [1.29, 1.82) is 0 Å². The van der Waals surface area contributed by atoms with Crippen LogP contribution in [0.4, 0.5) is 5.69 Å². The van der Waals surface area contributed by atoms with Crippen LogP contribution in [-0.4, -0.2) is 52.6 Å². The van der Waals surface area contributed by atoms with Crippen molar-refractivity contribution >= 4 is 15.7 Å². The molecular formula is C24H33N3O2S. The van der Waals surface area contributed by atoms with Crippen molar-refractivity contribution in [3.05, 3.63) is 58.1 Å². The number of nitrogens with zero attached hydrogens (tertiary/aromatic N) is 2. The lowest BCUT2D eigenvalue weighted by Gasteiger charge is -2.37. The summed E-state index contributed by atoms with van der Waals surface area (Å²) < 4.78 is 29.2. The van der Waals surface area contributed by atoms with Gasteiger partial charge in [0.15, 0.2) is 0 Å². The summed E-state index contributed by atoms with van der Waals surface area (Å²) in [5.41, 5.74) is 7.29. The van der Waals surface area contributed by atoms with Crippen LogP contribution in [0.5, 0.6) is 0 Å². The van der Waals surface area contributed by atoms with Gasteiger partial charge in [-0.05, 0) is 93.1 Å². The van der Waals surface area contributed by atoms with Crippen LogP contribution < -0.4 is 9.62 Å². The maximum atomic E-state index is 13.1. The minimum atomic E-state index is -3.53. The second-order valence-electron chi connectivity index (χ2n) is 9.03. The summed E-state index contributed by atoms with van der Waals surface area (Å²) in [6.07, 6.45) is 2.51. The fourth-order valence-electron chi connectivity index (χ4n) is 4.86. The number of piperazine rings is 1. The molecule has 0 bridgehead atoms. The first-order valence-electron chi connectivity index (χ1n) is 10.9. The Balaban J connectivity index is 1.59. The number of anilines is 1. The SMILES string of the molecule is Cc1cc(C)cc(S(=O)(=O)N[C@@H]2CCc3c(C)ccc(N4CCN(C)CC4)c3C2)c1. The molecule has 1 aliphatic heterocycles. The van der Waals surface area contributed by atoms with Gasteiger partial charge in [0.25, 0.3) is 0 Å². The molecule has 30 heavy (non-hydrogen) atoms. The number of aryl methyl sites for hydroxylation is 3. The predicted octanol–water partition coefficient (Wildman–Crippen LogP) is 3.20. The Morgan fingerprint density at radius 1 is 0.933 bits per heavy atom. The molecule has 1 saturated heterocycles. The number of likely N-dealkylation sites (N-methyl/N-ethyl adjacent to an activating group) is 1. The number of rotatable bonds is 4. The molecule has 0 spiro atoms. The molecule has 0 amide bonds.